The van der Waals surface area contributed by atoms with Crippen molar-refractivity contribution < 1.29 is 4.74 Å². The summed E-state index contributed by atoms with van der Waals surface area (Å²) in [6.07, 6.45) is 2.36. The first-order valence-electron chi connectivity index (χ1n) is 7.12. The fraction of sp³-hybridized carbons (Fsp3) is 0.500. The van der Waals surface area contributed by atoms with E-state index in [-0.39, 0.29) is 0 Å². The van der Waals surface area contributed by atoms with Crippen LogP contribution in [0.4, 0.5) is 0 Å². The summed E-state index contributed by atoms with van der Waals surface area (Å²) in [6.45, 7) is 2.38. The zero-order valence-corrected chi connectivity index (χ0v) is 12.8. The van der Waals surface area contributed by atoms with E-state index in [1.54, 1.807) is 18.9 Å². The van der Waals surface area contributed by atoms with Crippen molar-refractivity contribution in [1.29, 1.82) is 0 Å². The van der Waals surface area contributed by atoms with Gasteiger partial charge in [-0.15, -0.1) is 5.10 Å². The highest BCUT2D eigenvalue weighted by Crippen LogP contribution is 2.38. The van der Waals surface area contributed by atoms with Crippen molar-refractivity contribution in [2.75, 3.05) is 20.3 Å². The number of benzene rings is 1. The van der Waals surface area contributed by atoms with E-state index in [9.17, 15) is 0 Å². The Morgan fingerprint density at radius 3 is 3.05 bits per heavy atom. The van der Waals surface area contributed by atoms with Crippen molar-refractivity contribution in [1.82, 2.24) is 25.5 Å². The first-order chi connectivity index (χ1) is 10.4. The fourth-order valence-electron chi connectivity index (χ4n) is 2.05. The zero-order valence-electron chi connectivity index (χ0n) is 12.0. The van der Waals surface area contributed by atoms with Crippen molar-refractivity contribution in [2.45, 2.75) is 35.5 Å². The Morgan fingerprint density at radius 1 is 1.38 bits per heavy atom. The van der Waals surface area contributed by atoms with Crippen molar-refractivity contribution in [3.8, 4) is 0 Å². The highest BCUT2D eigenvalue weighted by molar-refractivity contribution is 7.99. The van der Waals surface area contributed by atoms with Gasteiger partial charge in [0, 0.05) is 25.1 Å². The van der Waals surface area contributed by atoms with E-state index in [4.69, 9.17) is 4.74 Å². The van der Waals surface area contributed by atoms with Crippen LogP contribution in [0.1, 0.15) is 24.4 Å². The minimum atomic E-state index is 0.495. The molecular formula is C14H19N5OS. The van der Waals surface area contributed by atoms with Gasteiger partial charge < -0.3 is 10.1 Å². The summed E-state index contributed by atoms with van der Waals surface area (Å²) in [7, 11) is 1.71. The van der Waals surface area contributed by atoms with Gasteiger partial charge in [-0.3, -0.25) is 0 Å². The number of methoxy groups -OCH3 is 1. The molecule has 7 heteroatoms. The molecule has 1 aromatic carbocycles. The Bertz CT molecular complexity index is 584. The first-order valence-corrected chi connectivity index (χ1v) is 7.93. The Balaban J connectivity index is 1.68. The van der Waals surface area contributed by atoms with Crippen molar-refractivity contribution in [3.63, 3.8) is 0 Å². The van der Waals surface area contributed by atoms with Gasteiger partial charge in [0.2, 0.25) is 5.16 Å². The first kappa shape index (κ1) is 14.5. The zero-order chi connectivity index (χ0) is 14.5. The average molecular weight is 305 g/mol. The van der Waals surface area contributed by atoms with Gasteiger partial charge in [-0.1, -0.05) is 18.2 Å². The molecule has 1 aliphatic carbocycles. The van der Waals surface area contributed by atoms with E-state index in [1.807, 2.05) is 10.7 Å². The maximum absolute atomic E-state index is 5.05. The molecule has 1 fully saturated rings. The van der Waals surface area contributed by atoms with E-state index in [0.29, 0.717) is 6.04 Å². The van der Waals surface area contributed by atoms with Crippen LogP contribution in [-0.2, 0) is 11.3 Å². The second kappa shape index (κ2) is 7.02. The van der Waals surface area contributed by atoms with E-state index in [1.165, 1.54) is 23.3 Å². The summed E-state index contributed by atoms with van der Waals surface area (Å²) < 4.78 is 6.99. The van der Waals surface area contributed by atoms with Crippen LogP contribution in [0.15, 0.2) is 34.3 Å². The molecule has 0 bridgehead atoms. The van der Waals surface area contributed by atoms with Gasteiger partial charge in [-0.2, -0.15) is 0 Å². The number of nitrogens with one attached hydrogen (secondary N) is 1. The van der Waals surface area contributed by atoms with Gasteiger partial charge >= 0.3 is 0 Å². The molecule has 6 nitrogen and oxygen atoms in total. The largest absolute Gasteiger partial charge is 0.383 e. The van der Waals surface area contributed by atoms with Crippen LogP contribution in [0, 0.1) is 0 Å². The van der Waals surface area contributed by atoms with E-state index in [2.05, 4.69) is 39.0 Å². The van der Waals surface area contributed by atoms with Crippen LogP contribution in [0.3, 0.4) is 0 Å². The molecule has 1 aliphatic rings. The predicted octanol–water partition coefficient (Wildman–Crippen LogP) is 1.90. The van der Waals surface area contributed by atoms with Gasteiger partial charge in [0.25, 0.3) is 0 Å². The smallest absolute Gasteiger partial charge is 0.214 e. The third-order valence-electron chi connectivity index (χ3n) is 3.33. The quantitative estimate of drug-likeness (QED) is 0.751. The standard InChI is InChI=1S/C14H19N5OS/c1-20-9-8-15-10-11-4-2-3-5-13(11)21-14-16-17-18-19(14)12-6-7-12/h2-5,12,15H,6-10H2,1H3. The molecular weight excluding hydrogens is 286 g/mol. The Morgan fingerprint density at radius 2 is 2.24 bits per heavy atom. The monoisotopic (exact) mass is 305 g/mol. The van der Waals surface area contributed by atoms with Crippen LogP contribution in [0.25, 0.3) is 0 Å². The second-order valence-electron chi connectivity index (χ2n) is 5.02. The molecule has 0 radical (unpaired) electrons. The molecule has 0 amide bonds. The van der Waals surface area contributed by atoms with Gasteiger partial charge in [-0.05, 0) is 46.7 Å². The lowest BCUT2D eigenvalue weighted by molar-refractivity contribution is 0.199. The number of ether oxygens (including phenoxy) is 1. The summed E-state index contributed by atoms with van der Waals surface area (Å²) in [5, 5.41) is 16.3. The Hall–Kier alpha value is -1.44. The van der Waals surface area contributed by atoms with Crippen molar-refractivity contribution in [2.24, 2.45) is 0 Å². The molecule has 1 saturated carbocycles. The maximum Gasteiger partial charge on any atom is 0.214 e. The van der Waals surface area contributed by atoms with Gasteiger partial charge in [0.05, 0.1) is 12.6 Å². The summed E-state index contributed by atoms with van der Waals surface area (Å²) >= 11 is 1.64. The van der Waals surface area contributed by atoms with E-state index >= 15 is 0 Å². The summed E-state index contributed by atoms with van der Waals surface area (Å²) in [5.74, 6) is 0. The third kappa shape index (κ3) is 3.81. The molecule has 1 aromatic heterocycles. The molecule has 0 unspecified atom stereocenters. The number of aromatic nitrogens is 4. The summed E-state index contributed by atoms with van der Waals surface area (Å²) in [6, 6.07) is 8.85. The lowest BCUT2D eigenvalue weighted by Gasteiger charge is -2.09. The molecule has 1 N–H and O–H groups in total. The number of hydrogen-bond donors (Lipinski definition) is 1. The summed E-state index contributed by atoms with van der Waals surface area (Å²) in [4.78, 5) is 1.19. The molecule has 2 aromatic rings. The molecule has 0 spiro atoms. The van der Waals surface area contributed by atoms with Crippen molar-refractivity contribution >= 4 is 11.8 Å². The highest BCUT2D eigenvalue weighted by atomic mass is 32.2. The van der Waals surface area contributed by atoms with Gasteiger partial charge in [0.15, 0.2) is 0 Å². The van der Waals surface area contributed by atoms with Crippen LogP contribution >= 0.6 is 11.8 Å². The summed E-state index contributed by atoms with van der Waals surface area (Å²) in [5.41, 5.74) is 1.25. The third-order valence-corrected chi connectivity index (χ3v) is 4.40. The topological polar surface area (TPSA) is 64.9 Å². The van der Waals surface area contributed by atoms with E-state index < -0.39 is 0 Å². The molecule has 21 heavy (non-hydrogen) atoms. The SMILES string of the molecule is COCCNCc1ccccc1Sc1nnnn1C1CC1. The second-order valence-corrected chi connectivity index (χ2v) is 6.03. The highest BCUT2D eigenvalue weighted by Gasteiger charge is 2.28. The number of tetrazole rings is 1. The number of rotatable bonds is 8. The lowest BCUT2D eigenvalue weighted by atomic mass is 10.2. The predicted molar refractivity (Wildman–Crippen MR) is 80.2 cm³/mol. The Kier molecular flexibility index (Phi) is 4.84. The molecule has 0 aliphatic heterocycles. The van der Waals surface area contributed by atoms with Crippen LogP contribution in [-0.4, -0.2) is 40.5 Å². The molecule has 3 rings (SSSR count). The molecule has 0 atom stereocenters. The normalized spacial score (nSPS) is 14.5. The minimum Gasteiger partial charge on any atom is -0.383 e. The Labute approximate surface area is 128 Å². The maximum atomic E-state index is 5.05. The lowest BCUT2D eigenvalue weighted by Crippen LogP contribution is -2.18. The minimum absolute atomic E-state index is 0.495. The number of nitrogens with zero attached hydrogens (tertiary/aromatic N) is 4. The molecule has 112 valence electrons. The average Bonchev–Trinajstić information content (AvgIpc) is 3.25. The molecule has 1 heterocycles. The fourth-order valence-corrected chi connectivity index (χ4v) is 3.02. The van der Waals surface area contributed by atoms with Crippen LogP contribution in [0.2, 0.25) is 0 Å². The number of hydrogen-bond acceptors (Lipinski definition) is 6. The van der Waals surface area contributed by atoms with E-state index in [0.717, 1.165) is 24.9 Å². The van der Waals surface area contributed by atoms with Crippen LogP contribution in [0.5, 0.6) is 0 Å². The molecule has 0 saturated heterocycles. The van der Waals surface area contributed by atoms with Crippen LogP contribution < -0.4 is 5.32 Å². The van der Waals surface area contributed by atoms with Crippen molar-refractivity contribution in [3.05, 3.63) is 29.8 Å². The van der Waals surface area contributed by atoms with Gasteiger partial charge in [0.1, 0.15) is 0 Å². The van der Waals surface area contributed by atoms with Gasteiger partial charge in [-0.25, -0.2) is 4.68 Å².